The molecular formula is C24H30ClN3O2. The minimum atomic E-state index is -0.0197. The van der Waals surface area contributed by atoms with Crippen LogP contribution in [0.4, 0.5) is 0 Å². The number of carbonyl (C=O) groups excluding carboxylic acids is 2. The van der Waals surface area contributed by atoms with E-state index in [0.717, 1.165) is 13.1 Å². The summed E-state index contributed by atoms with van der Waals surface area (Å²) in [6.07, 6.45) is 0. The molecule has 0 spiro atoms. The Hall–Kier alpha value is -2.37. The van der Waals surface area contributed by atoms with Crippen molar-refractivity contribution in [1.29, 1.82) is 0 Å². The average molecular weight is 428 g/mol. The molecule has 0 N–H and O–H groups in total. The van der Waals surface area contributed by atoms with Gasteiger partial charge < -0.3 is 9.80 Å². The van der Waals surface area contributed by atoms with E-state index >= 15 is 0 Å². The first kappa shape index (κ1) is 22.3. The molecule has 0 saturated carbocycles. The van der Waals surface area contributed by atoms with Crippen molar-refractivity contribution in [2.24, 2.45) is 0 Å². The van der Waals surface area contributed by atoms with Crippen molar-refractivity contribution < 1.29 is 9.59 Å². The van der Waals surface area contributed by atoms with Gasteiger partial charge in [0, 0.05) is 54.9 Å². The molecule has 2 aromatic carbocycles. The highest BCUT2D eigenvalue weighted by molar-refractivity contribution is 6.30. The summed E-state index contributed by atoms with van der Waals surface area (Å²) < 4.78 is 0. The van der Waals surface area contributed by atoms with E-state index in [-0.39, 0.29) is 11.8 Å². The molecule has 160 valence electrons. The van der Waals surface area contributed by atoms with E-state index in [9.17, 15) is 9.59 Å². The minimum Gasteiger partial charge on any atom is -0.335 e. The fraction of sp³-hybridized carbons (Fsp3) is 0.417. The van der Waals surface area contributed by atoms with E-state index in [2.05, 4.69) is 25.7 Å². The maximum absolute atomic E-state index is 12.9. The molecule has 1 fully saturated rings. The lowest BCUT2D eigenvalue weighted by molar-refractivity contribution is 0.0535. The van der Waals surface area contributed by atoms with Crippen LogP contribution in [-0.2, 0) is 6.54 Å². The van der Waals surface area contributed by atoms with Gasteiger partial charge in [0.15, 0.2) is 0 Å². The summed E-state index contributed by atoms with van der Waals surface area (Å²) in [4.78, 5) is 31.5. The molecule has 5 nitrogen and oxygen atoms in total. The van der Waals surface area contributed by atoms with Crippen LogP contribution in [0.2, 0.25) is 5.02 Å². The standard InChI is InChI=1S/C24H30ClN3O2/c1-4-26(18(2)3)17-19-5-7-20(8-6-19)23(29)27-13-15-28(16-14-27)24(30)21-9-11-22(25)12-10-21/h5-12,18H,4,13-17H2,1-3H3. The van der Waals surface area contributed by atoms with E-state index in [1.54, 1.807) is 29.2 Å². The molecule has 6 heteroatoms. The third-order valence-corrected chi connectivity index (χ3v) is 5.92. The van der Waals surface area contributed by atoms with Crippen molar-refractivity contribution in [1.82, 2.24) is 14.7 Å². The molecular weight excluding hydrogens is 398 g/mol. The molecule has 3 rings (SSSR count). The largest absolute Gasteiger partial charge is 0.335 e. The predicted molar refractivity (Wildman–Crippen MR) is 121 cm³/mol. The van der Waals surface area contributed by atoms with Crippen LogP contribution in [0.5, 0.6) is 0 Å². The fourth-order valence-corrected chi connectivity index (χ4v) is 3.84. The van der Waals surface area contributed by atoms with Crippen molar-refractivity contribution in [2.75, 3.05) is 32.7 Å². The Labute approximate surface area is 184 Å². The van der Waals surface area contributed by atoms with Crippen molar-refractivity contribution in [3.05, 3.63) is 70.2 Å². The van der Waals surface area contributed by atoms with Crippen LogP contribution in [-0.4, -0.2) is 65.3 Å². The van der Waals surface area contributed by atoms with Crippen molar-refractivity contribution in [3.63, 3.8) is 0 Å². The van der Waals surface area contributed by atoms with E-state index in [4.69, 9.17) is 11.6 Å². The lowest BCUT2D eigenvalue weighted by Gasteiger charge is -2.35. The van der Waals surface area contributed by atoms with Crippen molar-refractivity contribution in [3.8, 4) is 0 Å². The summed E-state index contributed by atoms with van der Waals surface area (Å²) in [5.41, 5.74) is 2.53. The fourth-order valence-electron chi connectivity index (χ4n) is 3.72. The number of benzene rings is 2. The normalized spacial score (nSPS) is 14.5. The zero-order valence-electron chi connectivity index (χ0n) is 18.0. The first-order valence-corrected chi connectivity index (χ1v) is 10.9. The number of piperazine rings is 1. The summed E-state index contributed by atoms with van der Waals surface area (Å²) in [5, 5.41) is 0.611. The zero-order valence-corrected chi connectivity index (χ0v) is 18.7. The molecule has 1 heterocycles. The molecule has 0 atom stereocenters. The van der Waals surface area contributed by atoms with Crippen LogP contribution in [0.3, 0.4) is 0 Å². The van der Waals surface area contributed by atoms with Crippen LogP contribution >= 0.6 is 11.6 Å². The smallest absolute Gasteiger partial charge is 0.253 e. The Balaban J connectivity index is 1.56. The highest BCUT2D eigenvalue weighted by atomic mass is 35.5. The van der Waals surface area contributed by atoms with Crippen LogP contribution in [0.1, 0.15) is 47.1 Å². The highest BCUT2D eigenvalue weighted by Gasteiger charge is 2.25. The van der Waals surface area contributed by atoms with Gasteiger partial charge in [-0.1, -0.05) is 30.7 Å². The lowest BCUT2D eigenvalue weighted by atomic mass is 10.1. The average Bonchev–Trinajstić information content (AvgIpc) is 2.77. The number of carbonyl (C=O) groups is 2. The van der Waals surface area contributed by atoms with Gasteiger partial charge in [-0.15, -0.1) is 0 Å². The zero-order chi connectivity index (χ0) is 21.7. The Morgan fingerprint density at radius 2 is 1.30 bits per heavy atom. The molecule has 0 unspecified atom stereocenters. The Morgan fingerprint density at radius 3 is 1.70 bits per heavy atom. The summed E-state index contributed by atoms with van der Waals surface area (Å²) >= 11 is 5.90. The molecule has 0 radical (unpaired) electrons. The van der Waals surface area contributed by atoms with Gasteiger partial charge in [-0.3, -0.25) is 14.5 Å². The molecule has 2 amide bonds. The third-order valence-electron chi connectivity index (χ3n) is 5.67. The molecule has 0 bridgehead atoms. The monoisotopic (exact) mass is 427 g/mol. The minimum absolute atomic E-state index is 0.0197. The summed E-state index contributed by atoms with van der Waals surface area (Å²) in [6, 6.07) is 15.3. The molecule has 0 aromatic heterocycles. The predicted octanol–water partition coefficient (Wildman–Crippen LogP) is 4.17. The van der Waals surface area contributed by atoms with Crippen LogP contribution in [0.15, 0.2) is 48.5 Å². The summed E-state index contributed by atoms with van der Waals surface area (Å²) in [7, 11) is 0. The SMILES string of the molecule is CCN(Cc1ccc(C(=O)N2CCN(C(=O)c3ccc(Cl)cc3)CC2)cc1)C(C)C. The third kappa shape index (κ3) is 5.41. The maximum Gasteiger partial charge on any atom is 0.253 e. The first-order valence-electron chi connectivity index (χ1n) is 10.6. The molecule has 1 saturated heterocycles. The number of nitrogens with zero attached hydrogens (tertiary/aromatic N) is 3. The Bertz CT molecular complexity index is 857. The number of rotatable bonds is 6. The van der Waals surface area contributed by atoms with Gasteiger partial charge in [-0.2, -0.15) is 0 Å². The quantitative estimate of drug-likeness (QED) is 0.695. The second-order valence-corrected chi connectivity index (χ2v) is 8.38. The number of halogens is 1. The topological polar surface area (TPSA) is 43.9 Å². The van der Waals surface area contributed by atoms with Crippen molar-refractivity contribution in [2.45, 2.75) is 33.4 Å². The Kier molecular flexibility index (Phi) is 7.51. The van der Waals surface area contributed by atoms with E-state index in [1.807, 2.05) is 29.2 Å². The van der Waals surface area contributed by atoms with Crippen molar-refractivity contribution >= 4 is 23.4 Å². The molecule has 0 aliphatic carbocycles. The van der Waals surface area contributed by atoms with E-state index in [1.165, 1.54) is 5.56 Å². The Morgan fingerprint density at radius 1 is 0.867 bits per heavy atom. The van der Waals surface area contributed by atoms with Gasteiger partial charge in [0.1, 0.15) is 0 Å². The van der Waals surface area contributed by atoms with Gasteiger partial charge >= 0.3 is 0 Å². The number of amides is 2. The van der Waals surface area contributed by atoms with E-state index < -0.39 is 0 Å². The summed E-state index contributed by atoms with van der Waals surface area (Å²) in [5.74, 6) is 0.00472. The lowest BCUT2D eigenvalue weighted by Crippen LogP contribution is -2.50. The molecule has 30 heavy (non-hydrogen) atoms. The second-order valence-electron chi connectivity index (χ2n) is 7.95. The van der Waals surface area contributed by atoms with Crippen LogP contribution in [0, 0.1) is 0 Å². The summed E-state index contributed by atoms with van der Waals surface area (Å²) in [6.45, 7) is 10.6. The van der Waals surface area contributed by atoms with Gasteiger partial charge in [0.25, 0.3) is 11.8 Å². The highest BCUT2D eigenvalue weighted by Crippen LogP contribution is 2.16. The first-order chi connectivity index (χ1) is 14.4. The van der Waals surface area contributed by atoms with Crippen LogP contribution in [0.25, 0.3) is 0 Å². The van der Waals surface area contributed by atoms with E-state index in [0.29, 0.717) is 48.4 Å². The maximum atomic E-state index is 12.9. The molecule has 1 aliphatic heterocycles. The molecule has 2 aromatic rings. The molecule has 1 aliphatic rings. The van der Waals surface area contributed by atoms with Crippen LogP contribution < -0.4 is 0 Å². The van der Waals surface area contributed by atoms with Gasteiger partial charge in [-0.05, 0) is 62.4 Å². The second kappa shape index (κ2) is 10.1. The van der Waals surface area contributed by atoms with Gasteiger partial charge in [0.2, 0.25) is 0 Å². The number of hydrogen-bond donors (Lipinski definition) is 0. The van der Waals surface area contributed by atoms with Gasteiger partial charge in [-0.25, -0.2) is 0 Å². The number of hydrogen-bond acceptors (Lipinski definition) is 3. The van der Waals surface area contributed by atoms with Gasteiger partial charge in [0.05, 0.1) is 0 Å².